The molecule has 9 heteroatoms. The number of fused-ring (bicyclic) bond motifs is 2. The number of nitrogens with one attached hydrogen (secondary N) is 2. The Morgan fingerprint density at radius 1 is 0.870 bits per heavy atom. The molecule has 0 bridgehead atoms. The van der Waals surface area contributed by atoms with Gasteiger partial charge in [0.1, 0.15) is 5.75 Å². The number of aromatic nitrogens is 1. The zero-order valence-electron chi connectivity index (χ0n) is 25.0. The Kier molecular flexibility index (Phi) is 9.08. The Balaban J connectivity index is 1.20. The van der Waals surface area contributed by atoms with Gasteiger partial charge in [0.2, 0.25) is 0 Å². The molecule has 46 heavy (non-hydrogen) atoms. The number of benzene rings is 4. The molecule has 1 heterocycles. The van der Waals surface area contributed by atoms with Crippen LogP contribution in [0, 0.1) is 0 Å². The fourth-order valence-electron chi connectivity index (χ4n) is 5.52. The van der Waals surface area contributed by atoms with Gasteiger partial charge >= 0.3 is 5.97 Å². The summed E-state index contributed by atoms with van der Waals surface area (Å²) in [6.45, 7) is -0.536. The number of methoxy groups -OCH3 is 1. The maximum Gasteiger partial charge on any atom is 0.339 e. The minimum absolute atomic E-state index is 0.257. The van der Waals surface area contributed by atoms with Crippen molar-refractivity contribution >= 4 is 63.3 Å². The number of pyridine rings is 1. The number of halogens is 1. The molecular weight excluding hydrogens is 602 g/mol. The first kappa shape index (κ1) is 30.6. The molecule has 0 spiro atoms. The van der Waals surface area contributed by atoms with Crippen molar-refractivity contribution in [1.29, 1.82) is 0 Å². The van der Waals surface area contributed by atoms with Crippen LogP contribution in [0.15, 0.2) is 97.1 Å². The van der Waals surface area contributed by atoms with Crippen LogP contribution in [-0.2, 0) is 16.0 Å². The summed E-state index contributed by atoms with van der Waals surface area (Å²) in [6, 6.07) is 28.5. The van der Waals surface area contributed by atoms with Crippen molar-refractivity contribution in [2.45, 2.75) is 19.3 Å². The SMILES string of the molecule is COc1ccc(NC(=O)c2ccccc2NC(=O)COC(=O)c2c3c(nc4ccccc24)C(=Cc2ccc(Cl)cc2)CCC3)cc1. The molecule has 1 aliphatic rings. The molecule has 0 radical (unpaired) electrons. The lowest BCUT2D eigenvalue weighted by Crippen LogP contribution is -2.24. The Morgan fingerprint density at radius 3 is 2.39 bits per heavy atom. The molecule has 1 aliphatic carbocycles. The van der Waals surface area contributed by atoms with Crippen molar-refractivity contribution in [2.24, 2.45) is 0 Å². The fraction of sp³-hybridized carbons (Fsp3) is 0.135. The summed E-state index contributed by atoms with van der Waals surface area (Å²) in [6.07, 6.45) is 4.37. The predicted molar refractivity (Wildman–Crippen MR) is 180 cm³/mol. The standard InChI is InChI=1S/C37H30ClN3O5/c1-45-27-19-17-26(18-20-27)39-36(43)29-9-3-5-12-32(29)40-33(42)22-46-37(44)34-28-8-2-4-11-31(28)41-35-24(7-6-10-30(34)35)21-23-13-15-25(38)16-14-23/h2-5,8-9,11-21H,6-7,10,22H2,1H3,(H,39,43)(H,40,42). The highest BCUT2D eigenvalue weighted by atomic mass is 35.5. The number of carbonyl (C=O) groups is 3. The van der Waals surface area contributed by atoms with Gasteiger partial charge in [0.05, 0.1) is 35.1 Å². The van der Waals surface area contributed by atoms with Crippen LogP contribution in [-0.4, -0.2) is 36.5 Å². The topological polar surface area (TPSA) is 107 Å². The number of ether oxygens (including phenoxy) is 2. The summed E-state index contributed by atoms with van der Waals surface area (Å²) in [5.41, 5.74) is 5.76. The van der Waals surface area contributed by atoms with E-state index in [1.54, 1.807) is 55.6 Å². The molecule has 0 saturated heterocycles. The summed E-state index contributed by atoms with van der Waals surface area (Å²) < 4.78 is 10.8. The van der Waals surface area contributed by atoms with Gasteiger partial charge in [0.25, 0.3) is 11.8 Å². The van der Waals surface area contributed by atoms with E-state index in [0.29, 0.717) is 45.0 Å². The lowest BCUT2D eigenvalue weighted by molar-refractivity contribution is -0.119. The first-order chi connectivity index (χ1) is 22.4. The van der Waals surface area contributed by atoms with Crippen molar-refractivity contribution < 1.29 is 23.9 Å². The highest BCUT2D eigenvalue weighted by Gasteiger charge is 2.26. The van der Waals surface area contributed by atoms with Crippen LogP contribution >= 0.6 is 11.6 Å². The van der Waals surface area contributed by atoms with E-state index in [1.165, 1.54) is 0 Å². The lowest BCUT2D eigenvalue weighted by Gasteiger charge is -2.22. The highest BCUT2D eigenvalue weighted by molar-refractivity contribution is 6.30. The van der Waals surface area contributed by atoms with Crippen LogP contribution in [0.5, 0.6) is 5.75 Å². The number of hydrogen-bond acceptors (Lipinski definition) is 6. The number of allylic oxidation sites excluding steroid dienone is 1. The number of carbonyl (C=O) groups excluding carboxylic acids is 3. The van der Waals surface area contributed by atoms with Gasteiger partial charge in [0, 0.05) is 16.1 Å². The molecule has 0 aliphatic heterocycles. The number of esters is 1. The maximum absolute atomic E-state index is 13.7. The van der Waals surface area contributed by atoms with Crippen molar-refractivity contribution in [3.63, 3.8) is 0 Å². The molecule has 8 nitrogen and oxygen atoms in total. The molecular formula is C37H30ClN3O5. The first-order valence-corrected chi connectivity index (χ1v) is 15.2. The van der Waals surface area contributed by atoms with Crippen molar-refractivity contribution in [3.8, 4) is 5.75 Å². The van der Waals surface area contributed by atoms with E-state index in [1.807, 2.05) is 48.5 Å². The molecule has 0 atom stereocenters. The molecule has 0 fully saturated rings. The second-order valence-corrected chi connectivity index (χ2v) is 11.2. The van der Waals surface area contributed by atoms with Crippen molar-refractivity contribution in [2.75, 3.05) is 24.4 Å². The zero-order chi connectivity index (χ0) is 32.0. The molecule has 0 unspecified atom stereocenters. The number of anilines is 2. The largest absolute Gasteiger partial charge is 0.497 e. The van der Waals surface area contributed by atoms with E-state index in [4.69, 9.17) is 26.1 Å². The molecule has 0 saturated carbocycles. The quantitative estimate of drug-likeness (QED) is 0.169. The Hall–Kier alpha value is -5.47. The van der Waals surface area contributed by atoms with Gasteiger partial charge in [-0.3, -0.25) is 9.59 Å². The van der Waals surface area contributed by atoms with Crippen LogP contribution < -0.4 is 15.4 Å². The number of nitrogens with zero attached hydrogens (tertiary/aromatic N) is 1. The van der Waals surface area contributed by atoms with Crippen LogP contribution in [0.25, 0.3) is 22.6 Å². The van der Waals surface area contributed by atoms with Gasteiger partial charge in [-0.2, -0.15) is 0 Å². The lowest BCUT2D eigenvalue weighted by atomic mass is 9.86. The summed E-state index contributed by atoms with van der Waals surface area (Å²) in [4.78, 5) is 44.7. The fourth-order valence-corrected chi connectivity index (χ4v) is 5.65. The third-order valence-electron chi connectivity index (χ3n) is 7.71. The van der Waals surface area contributed by atoms with Crippen LogP contribution in [0.3, 0.4) is 0 Å². The van der Waals surface area contributed by atoms with Gasteiger partial charge in [-0.05, 0) is 96.6 Å². The summed E-state index contributed by atoms with van der Waals surface area (Å²) in [5.74, 6) is -0.928. The third kappa shape index (κ3) is 6.77. The monoisotopic (exact) mass is 631 g/mol. The molecule has 4 aromatic carbocycles. The highest BCUT2D eigenvalue weighted by Crippen LogP contribution is 2.36. The third-order valence-corrected chi connectivity index (χ3v) is 7.97. The molecule has 6 rings (SSSR count). The van der Waals surface area contributed by atoms with E-state index in [2.05, 4.69) is 16.7 Å². The van der Waals surface area contributed by atoms with Crippen LogP contribution in [0.2, 0.25) is 5.02 Å². The summed E-state index contributed by atoms with van der Waals surface area (Å²) in [7, 11) is 1.56. The van der Waals surface area contributed by atoms with Gasteiger partial charge in [-0.1, -0.05) is 54.1 Å². The minimum Gasteiger partial charge on any atom is -0.497 e. The second-order valence-electron chi connectivity index (χ2n) is 10.8. The van der Waals surface area contributed by atoms with Crippen molar-refractivity contribution in [3.05, 3.63) is 130 Å². The van der Waals surface area contributed by atoms with Crippen molar-refractivity contribution in [1.82, 2.24) is 4.98 Å². The average molecular weight is 632 g/mol. The number of amides is 2. The first-order valence-electron chi connectivity index (χ1n) is 14.8. The summed E-state index contributed by atoms with van der Waals surface area (Å²) >= 11 is 6.08. The molecule has 230 valence electrons. The van der Waals surface area contributed by atoms with E-state index >= 15 is 0 Å². The van der Waals surface area contributed by atoms with Gasteiger partial charge in [-0.15, -0.1) is 0 Å². The van der Waals surface area contributed by atoms with Crippen LogP contribution in [0.1, 0.15) is 50.4 Å². The minimum atomic E-state index is -0.608. The smallest absolute Gasteiger partial charge is 0.339 e. The van der Waals surface area contributed by atoms with Crippen LogP contribution in [0.4, 0.5) is 11.4 Å². The molecule has 2 amide bonds. The Morgan fingerprint density at radius 2 is 1.61 bits per heavy atom. The van der Waals surface area contributed by atoms with Gasteiger partial charge < -0.3 is 20.1 Å². The molecule has 1 aromatic heterocycles. The van der Waals surface area contributed by atoms with E-state index in [9.17, 15) is 14.4 Å². The van der Waals surface area contributed by atoms with E-state index in [-0.39, 0.29) is 5.56 Å². The van der Waals surface area contributed by atoms with Gasteiger partial charge in [-0.25, -0.2) is 9.78 Å². The van der Waals surface area contributed by atoms with E-state index < -0.39 is 24.4 Å². The summed E-state index contributed by atoms with van der Waals surface area (Å²) in [5, 5.41) is 6.85. The molecule has 2 N–H and O–H groups in total. The van der Waals surface area contributed by atoms with E-state index in [0.717, 1.165) is 35.2 Å². The normalized spacial score (nSPS) is 13.1. The van der Waals surface area contributed by atoms with Gasteiger partial charge in [0.15, 0.2) is 6.61 Å². The second kappa shape index (κ2) is 13.7. The zero-order valence-corrected chi connectivity index (χ0v) is 25.8. The number of para-hydroxylation sites is 2. The average Bonchev–Trinajstić information content (AvgIpc) is 3.08. The Bertz CT molecular complexity index is 1970. The molecule has 5 aromatic rings. The Labute approximate surface area is 271 Å². The predicted octanol–water partition coefficient (Wildman–Crippen LogP) is 7.82. The number of rotatable bonds is 8. The maximum atomic E-state index is 13.7. The number of hydrogen-bond donors (Lipinski definition) is 2.